The fourth-order valence-electron chi connectivity index (χ4n) is 2.74. The molecule has 1 heterocycles. The Hall–Kier alpha value is -1.58. The Kier molecular flexibility index (Phi) is 4.40. The fourth-order valence-corrected chi connectivity index (χ4v) is 2.74. The number of carbonyl (C=O) groups excluding carboxylic acids is 1. The van der Waals surface area contributed by atoms with Gasteiger partial charge in [-0.05, 0) is 43.9 Å². The SMILES string of the molecule is CCCC1CCCCN1C(=O)c1ccc(F)c(N)c1. The average molecular weight is 264 g/mol. The normalized spacial score (nSPS) is 19.5. The lowest BCUT2D eigenvalue weighted by Gasteiger charge is -2.36. The highest BCUT2D eigenvalue weighted by atomic mass is 19.1. The van der Waals surface area contributed by atoms with E-state index in [1.54, 1.807) is 0 Å². The molecule has 1 aromatic rings. The fraction of sp³-hybridized carbons (Fsp3) is 0.533. The van der Waals surface area contributed by atoms with Gasteiger partial charge < -0.3 is 10.6 Å². The maximum Gasteiger partial charge on any atom is 0.254 e. The van der Waals surface area contributed by atoms with E-state index in [0.29, 0.717) is 11.6 Å². The number of rotatable bonds is 3. The summed E-state index contributed by atoms with van der Waals surface area (Å²) >= 11 is 0. The molecule has 1 amide bonds. The first-order valence-electron chi connectivity index (χ1n) is 6.99. The van der Waals surface area contributed by atoms with Gasteiger partial charge in [-0.2, -0.15) is 0 Å². The summed E-state index contributed by atoms with van der Waals surface area (Å²) in [6, 6.07) is 4.54. The van der Waals surface area contributed by atoms with E-state index in [4.69, 9.17) is 5.73 Å². The van der Waals surface area contributed by atoms with E-state index in [0.717, 1.165) is 32.2 Å². The summed E-state index contributed by atoms with van der Waals surface area (Å²) in [7, 11) is 0. The van der Waals surface area contributed by atoms with Crippen LogP contribution in [0.3, 0.4) is 0 Å². The number of carbonyl (C=O) groups is 1. The second kappa shape index (κ2) is 6.04. The van der Waals surface area contributed by atoms with Crippen molar-refractivity contribution in [3.63, 3.8) is 0 Å². The number of nitrogens with zero attached hydrogens (tertiary/aromatic N) is 1. The molecule has 1 atom stereocenters. The summed E-state index contributed by atoms with van der Waals surface area (Å²) < 4.78 is 13.2. The molecule has 1 aliphatic rings. The minimum Gasteiger partial charge on any atom is -0.396 e. The van der Waals surface area contributed by atoms with E-state index < -0.39 is 5.82 Å². The Bertz CT molecular complexity index is 459. The first-order chi connectivity index (χ1) is 9.13. The van der Waals surface area contributed by atoms with Crippen LogP contribution in [0.1, 0.15) is 49.4 Å². The molecule has 1 fully saturated rings. The van der Waals surface area contributed by atoms with Crippen molar-refractivity contribution in [2.24, 2.45) is 0 Å². The van der Waals surface area contributed by atoms with E-state index in [-0.39, 0.29) is 11.6 Å². The number of piperidine rings is 1. The van der Waals surface area contributed by atoms with E-state index >= 15 is 0 Å². The van der Waals surface area contributed by atoms with Crippen molar-refractivity contribution < 1.29 is 9.18 Å². The van der Waals surface area contributed by atoms with Gasteiger partial charge in [0.05, 0.1) is 5.69 Å². The largest absolute Gasteiger partial charge is 0.396 e. The summed E-state index contributed by atoms with van der Waals surface area (Å²) in [6.45, 7) is 2.92. The molecule has 3 nitrogen and oxygen atoms in total. The van der Waals surface area contributed by atoms with Crippen molar-refractivity contribution in [2.75, 3.05) is 12.3 Å². The third-order valence-corrected chi connectivity index (χ3v) is 3.75. The molecule has 19 heavy (non-hydrogen) atoms. The summed E-state index contributed by atoms with van der Waals surface area (Å²) in [5.41, 5.74) is 6.06. The van der Waals surface area contributed by atoms with Crippen LogP contribution in [-0.4, -0.2) is 23.4 Å². The summed E-state index contributed by atoms with van der Waals surface area (Å²) in [6.07, 6.45) is 5.39. The van der Waals surface area contributed by atoms with Crippen LogP contribution in [0.2, 0.25) is 0 Å². The molecule has 1 aromatic carbocycles. The smallest absolute Gasteiger partial charge is 0.254 e. The molecule has 0 aromatic heterocycles. The van der Waals surface area contributed by atoms with Crippen LogP contribution in [0.15, 0.2) is 18.2 Å². The van der Waals surface area contributed by atoms with E-state index in [1.807, 2.05) is 4.90 Å². The number of nitrogen functional groups attached to an aromatic ring is 1. The van der Waals surface area contributed by atoms with Crippen LogP contribution in [0.25, 0.3) is 0 Å². The predicted molar refractivity (Wildman–Crippen MR) is 74.4 cm³/mol. The molecule has 0 spiro atoms. The Morgan fingerprint density at radius 3 is 2.95 bits per heavy atom. The topological polar surface area (TPSA) is 46.3 Å². The molecule has 0 aliphatic carbocycles. The predicted octanol–water partition coefficient (Wildman–Crippen LogP) is 3.20. The maximum absolute atomic E-state index is 13.2. The zero-order valence-electron chi connectivity index (χ0n) is 11.4. The van der Waals surface area contributed by atoms with Gasteiger partial charge in [0.2, 0.25) is 0 Å². The molecule has 104 valence electrons. The van der Waals surface area contributed by atoms with Gasteiger partial charge >= 0.3 is 0 Å². The molecule has 1 aliphatic heterocycles. The van der Waals surface area contributed by atoms with Gasteiger partial charge in [0.15, 0.2) is 0 Å². The van der Waals surface area contributed by atoms with Crippen LogP contribution >= 0.6 is 0 Å². The molecule has 1 saturated heterocycles. The quantitative estimate of drug-likeness (QED) is 0.852. The molecule has 0 saturated carbocycles. The molecule has 0 bridgehead atoms. The number of nitrogens with two attached hydrogens (primary N) is 1. The number of hydrogen-bond donors (Lipinski definition) is 1. The van der Waals surface area contributed by atoms with Gasteiger partial charge in [0.1, 0.15) is 5.82 Å². The molecule has 2 N–H and O–H groups in total. The van der Waals surface area contributed by atoms with Crippen molar-refractivity contribution in [1.29, 1.82) is 0 Å². The molecular weight excluding hydrogens is 243 g/mol. The number of hydrogen-bond acceptors (Lipinski definition) is 2. The first kappa shape index (κ1) is 13.8. The maximum atomic E-state index is 13.2. The average Bonchev–Trinajstić information content (AvgIpc) is 2.42. The minimum absolute atomic E-state index is 0.0233. The Balaban J connectivity index is 2.18. The summed E-state index contributed by atoms with van der Waals surface area (Å²) in [4.78, 5) is 14.4. The monoisotopic (exact) mass is 264 g/mol. The van der Waals surface area contributed by atoms with Gasteiger partial charge in [-0.3, -0.25) is 4.79 Å². The zero-order valence-corrected chi connectivity index (χ0v) is 11.4. The third kappa shape index (κ3) is 3.06. The van der Waals surface area contributed by atoms with Crippen LogP contribution in [-0.2, 0) is 0 Å². The third-order valence-electron chi connectivity index (χ3n) is 3.75. The van der Waals surface area contributed by atoms with E-state index in [2.05, 4.69) is 6.92 Å². The van der Waals surface area contributed by atoms with Crippen molar-refractivity contribution in [1.82, 2.24) is 4.90 Å². The lowest BCUT2D eigenvalue weighted by atomic mass is 9.97. The van der Waals surface area contributed by atoms with Crippen molar-refractivity contribution in [2.45, 2.75) is 45.1 Å². The number of benzene rings is 1. The Morgan fingerprint density at radius 2 is 2.26 bits per heavy atom. The Labute approximate surface area is 113 Å². The molecular formula is C15H21FN2O. The van der Waals surface area contributed by atoms with Gasteiger partial charge in [-0.25, -0.2) is 4.39 Å². The standard InChI is InChI=1S/C15H21FN2O/c1-2-5-12-6-3-4-9-18(12)15(19)11-7-8-13(16)14(17)10-11/h7-8,10,12H,2-6,9,17H2,1H3. The molecule has 2 rings (SSSR count). The zero-order chi connectivity index (χ0) is 13.8. The lowest BCUT2D eigenvalue weighted by Crippen LogP contribution is -2.43. The summed E-state index contributed by atoms with van der Waals surface area (Å²) in [5, 5.41) is 0. The van der Waals surface area contributed by atoms with Crippen molar-refractivity contribution in [3.8, 4) is 0 Å². The Morgan fingerprint density at radius 1 is 1.47 bits per heavy atom. The van der Waals surface area contributed by atoms with Crippen LogP contribution in [0, 0.1) is 5.82 Å². The van der Waals surface area contributed by atoms with Crippen LogP contribution in [0.4, 0.5) is 10.1 Å². The first-order valence-corrected chi connectivity index (χ1v) is 6.99. The number of halogens is 1. The van der Waals surface area contributed by atoms with Gasteiger partial charge in [-0.1, -0.05) is 13.3 Å². The highest BCUT2D eigenvalue weighted by molar-refractivity contribution is 5.95. The number of amides is 1. The minimum atomic E-state index is -0.472. The summed E-state index contributed by atoms with van der Waals surface area (Å²) in [5.74, 6) is -0.495. The lowest BCUT2D eigenvalue weighted by molar-refractivity contribution is 0.0600. The molecule has 1 unspecified atom stereocenters. The van der Waals surface area contributed by atoms with E-state index in [1.165, 1.54) is 24.6 Å². The molecule has 4 heteroatoms. The number of anilines is 1. The van der Waals surface area contributed by atoms with Gasteiger partial charge in [0, 0.05) is 18.2 Å². The van der Waals surface area contributed by atoms with Gasteiger partial charge in [-0.15, -0.1) is 0 Å². The van der Waals surface area contributed by atoms with Crippen LogP contribution in [0.5, 0.6) is 0 Å². The van der Waals surface area contributed by atoms with E-state index in [9.17, 15) is 9.18 Å². The van der Waals surface area contributed by atoms with Crippen molar-refractivity contribution >= 4 is 11.6 Å². The van der Waals surface area contributed by atoms with Gasteiger partial charge in [0.25, 0.3) is 5.91 Å². The highest BCUT2D eigenvalue weighted by Gasteiger charge is 2.26. The second-order valence-corrected chi connectivity index (χ2v) is 5.17. The second-order valence-electron chi connectivity index (χ2n) is 5.17. The highest BCUT2D eigenvalue weighted by Crippen LogP contribution is 2.24. The van der Waals surface area contributed by atoms with Crippen molar-refractivity contribution in [3.05, 3.63) is 29.6 Å². The van der Waals surface area contributed by atoms with Crippen LogP contribution < -0.4 is 5.73 Å². The molecule has 0 radical (unpaired) electrons. The number of likely N-dealkylation sites (tertiary alicyclic amines) is 1.